The molecular weight excluding hydrogens is 344 g/mol. The number of esters is 1. The first-order valence-corrected chi connectivity index (χ1v) is 10.5. The summed E-state index contributed by atoms with van der Waals surface area (Å²) in [6.45, 7) is 0.397. The lowest BCUT2D eigenvalue weighted by atomic mass is 10.1. The maximum atomic E-state index is 12.5. The zero-order valence-electron chi connectivity index (χ0n) is 13.5. The summed E-state index contributed by atoms with van der Waals surface area (Å²) >= 11 is 3.32. The molecule has 0 radical (unpaired) electrons. The van der Waals surface area contributed by atoms with Crippen LogP contribution in [0.4, 0.5) is 0 Å². The molecule has 0 spiro atoms. The van der Waals surface area contributed by atoms with Crippen molar-refractivity contribution >= 4 is 35.4 Å². The summed E-state index contributed by atoms with van der Waals surface area (Å²) in [5, 5.41) is 3.17. The zero-order chi connectivity index (χ0) is 16.8. The van der Waals surface area contributed by atoms with Crippen LogP contribution in [0, 0.1) is 0 Å². The van der Waals surface area contributed by atoms with Crippen LogP contribution in [0.25, 0.3) is 0 Å². The summed E-state index contributed by atoms with van der Waals surface area (Å²) in [5.74, 6) is 2.53. The van der Waals surface area contributed by atoms with E-state index in [-0.39, 0.29) is 17.9 Å². The third-order valence-electron chi connectivity index (χ3n) is 4.15. The first-order chi connectivity index (χ1) is 11.8. The monoisotopic (exact) mass is 366 g/mol. The van der Waals surface area contributed by atoms with Crippen LogP contribution in [0.3, 0.4) is 0 Å². The maximum Gasteiger partial charge on any atom is 0.329 e. The summed E-state index contributed by atoms with van der Waals surface area (Å²) in [6, 6.07) is 9.55. The normalized spacial score (nSPS) is 23.4. The van der Waals surface area contributed by atoms with Crippen LogP contribution in [0.15, 0.2) is 30.3 Å². The predicted octanol–water partition coefficient (Wildman–Crippen LogP) is 1.73. The second kappa shape index (κ2) is 8.78. The molecule has 3 rings (SSSR count). The van der Waals surface area contributed by atoms with E-state index in [0.717, 1.165) is 24.5 Å². The van der Waals surface area contributed by atoms with Crippen molar-refractivity contribution in [3.05, 3.63) is 35.9 Å². The highest BCUT2D eigenvalue weighted by Gasteiger charge is 2.39. The molecule has 7 heteroatoms. The molecule has 2 fully saturated rings. The van der Waals surface area contributed by atoms with Crippen molar-refractivity contribution < 1.29 is 14.3 Å². The molecule has 2 aliphatic heterocycles. The summed E-state index contributed by atoms with van der Waals surface area (Å²) in [7, 11) is 0. The van der Waals surface area contributed by atoms with Gasteiger partial charge in [0, 0.05) is 17.4 Å². The summed E-state index contributed by atoms with van der Waals surface area (Å²) in [4.78, 5) is 26.5. The molecule has 1 amide bonds. The Bertz CT molecular complexity index is 564. The van der Waals surface area contributed by atoms with Crippen LogP contribution in [0.2, 0.25) is 0 Å². The van der Waals surface area contributed by atoms with Crippen molar-refractivity contribution in [1.82, 2.24) is 10.2 Å². The van der Waals surface area contributed by atoms with Crippen LogP contribution in [-0.4, -0.2) is 58.7 Å². The fourth-order valence-electron chi connectivity index (χ4n) is 2.80. The van der Waals surface area contributed by atoms with Gasteiger partial charge in [0.2, 0.25) is 5.91 Å². The second-order valence-corrected chi connectivity index (χ2v) is 7.88. The Morgan fingerprint density at radius 1 is 1.21 bits per heavy atom. The Balaban J connectivity index is 1.44. The lowest BCUT2D eigenvalue weighted by Crippen LogP contribution is -2.50. The number of hydrogen-bond acceptors (Lipinski definition) is 6. The molecule has 0 aliphatic carbocycles. The number of ether oxygens (including phenoxy) is 1. The van der Waals surface area contributed by atoms with E-state index in [1.165, 1.54) is 5.56 Å². The largest absolute Gasteiger partial charge is 0.464 e. The maximum absolute atomic E-state index is 12.5. The lowest BCUT2D eigenvalue weighted by molar-refractivity contribution is -0.153. The molecule has 1 N–H and O–H groups in total. The van der Waals surface area contributed by atoms with E-state index in [1.807, 2.05) is 18.2 Å². The molecule has 130 valence electrons. The van der Waals surface area contributed by atoms with Gasteiger partial charge in [0.05, 0.1) is 18.5 Å². The van der Waals surface area contributed by atoms with Crippen molar-refractivity contribution in [3.8, 4) is 0 Å². The number of aryl methyl sites for hydroxylation is 1. The first kappa shape index (κ1) is 17.6. The average Bonchev–Trinajstić information content (AvgIpc) is 3.30. The van der Waals surface area contributed by atoms with Gasteiger partial charge in [-0.1, -0.05) is 30.3 Å². The van der Waals surface area contributed by atoms with Gasteiger partial charge in [0.15, 0.2) is 0 Å². The standard InChI is InChI=1S/C17H22N2O3S2/c20-16(14-9-23-11-18-14)19-12-24-10-15(19)17(21)22-8-4-7-13-5-2-1-3-6-13/h1-3,5-6,14-15,18H,4,7-12H2/t14-,15-/m0/s1. The third kappa shape index (κ3) is 4.46. The van der Waals surface area contributed by atoms with Crippen molar-refractivity contribution in [1.29, 1.82) is 0 Å². The number of nitrogens with one attached hydrogen (secondary N) is 1. The van der Waals surface area contributed by atoms with Gasteiger partial charge in [-0.05, 0) is 18.4 Å². The van der Waals surface area contributed by atoms with Gasteiger partial charge in [-0.3, -0.25) is 10.1 Å². The molecule has 1 aromatic rings. The number of thioether (sulfide) groups is 2. The van der Waals surface area contributed by atoms with E-state index in [4.69, 9.17) is 4.74 Å². The van der Waals surface area contributed by atoms with E-state index in [9.17, 15) is 9.59 Å². The molecular formula is C17H22N2O3S2. The zero-order valence-corrected chi connectivity index (χ0v) is 15.1. The minimum atomic E-state index is -0.438. The highest BCUT2D eigenvalue weighted by molar-refractivity contribution is 7.99. The Hall–Kier alpha value is -1.18. The highest BCUT2D eigenvalue weighted by Crippen LogP contribution is 2.24. The number of hydrogen-bond donors (Lipinski definition) is 1. The molecule has 2 heterocycles. The first-order valence-electron chi connectivity index (χ1n) is 8.15. The number of nitrogens with zero attached hydrogens (tertiary/aromatic N) is 1. The van der Waals surface area contributed by atoms with Crippen LogP contribution >= 0.6 is 23.5 Å². The van der Waals surface area contributed by atoms with Gasteiger partial charge in [-0.15, -0.1) is 23.5 Å². The Morgan fingerprint density at radius 3 is 2.79 bits per heavy atom. The third-order valence-corrected chi connectivity index (χ3v) is 6.10. The number of carbonyl (C=O) groups is 2. The summed E-state index contributed by atoms with van der Waals surface area (Å²) in [5.41, 5.74) is 1.24. The smallest absolute Gasteiger partial charge is 0.329 e. The fraction of sp³-hybridized carbons (Fsp3) is 0.529. The topological polar surface area (TPSA) is 58.6 Å². The van der Waals surface area contributed by atoms with Gasteiger partial charge in [-0.25, -0.2) is 4.79 Å². The summed E-state index contributed by atoms with van der Waals surface area (Å²) < 4.78 is 5.42. The SMILES string of the molecule is O=C(OCCCc1ccccc1)[C@@H]1CSCN1C(=O)[C@@H]1CSCN1. The number of amides is 1. The minimum Gasteiger partial charge on any atom is -0.464 e. The Labute approximate surface area is 150 Å². The summed E-state index contributed by atoms with van der Waals surface area (Å²) in [6.07, 6.45) is 1.68. The van der Waals surface area contributed by atoms with Gasteiger partial charge < -0.3 is 9.64 Å². The van der Waals surface area contributed by atoms with E-state index >= 15 is 0 Å². The van der Waals surface area contributed by atoms with E-state index in [1.54, 1.807) is 28.4 Å². The quantitative estimate of drug-likeness (QED) is 0.611. The van der Waals surface area contributed by atoms with Gasteiger partial charge in [0.25, 0.3) is 0 Å². The molecule has 0 bridgehead atoms. The number of rotatable bonds is 6. The van der Waals surface area contributed by atoms with Gasteiger partial charge in [0.1, 0.15) is 6.04 Å². The van der Waals surface area contributed by atoms with Crippen LogP contribution in [0.5, 0.6) is 0 Å². The minimum absolute atomic E-state index is 0.0243. The van der Waals surface area contributed by atoms with Crippen LogP contribution in [-0.2, 0) is 20.7 Å². The van der Waals surface area contributed by atoms with Crippen LogP contribution in [0.1, 0.15) is 12.0 Å². The molecule has 0 saturated carbocycles. The molecule has 2 aliphatic rings. The molecule has 0 aromatic heterocycles. The molecule has 2 atom stereocenters. The molecule has 0 unspecified atom stereocenters. The van der Waals surface area contributed by atoms with Crippen molar-refractivity contribution in [3.63, 3.8) is 0 Å². The van der Waals surface area contributed by atoms with Crippen molar-refractivity contribution in [2.45, 2.75) is 24.9 Å². The van der Waals surface area contributed by atoms with Gasteiger partial charge >= 0.3 is 5.97 Å². The van der Waals surface area contributed by atoms with Gasteiger partial charge in [-0.2, -0.15) is 0 Å². The number of carbonyl (C=O) groups excluding carboxylic acids is 2. The highest BCUT2D eigenvalue weighted by atomic mass is 32.2. The van der Waals surface area contributed by atoms with Crippen molar-refractivity contribution in [2.75, 3.05) is 29.9 Å². The van der Waals surface area contributed by atoms with Crippen molar-refractivity contribution in [2.24, 2.45) is 0 Å². The average molecular weight is 367 g/mol. The molecule has 5 nitrogen and oxygen atoms in total. The van der Waals surface area contributed by atoms with Crippen LogP contribution < -0.4 is 5.32 Å². The predicted molar refractivity (Wildman–Crippen MR) is 97.9 cm³/mol. The lowest BCUT2D eigenvalue weighted by Gasteiger charge is -2.25. The fourth-order valence-corrected chi connectivity index (χ4v) is 4.88. The molecule has 24 heavy (non-hydrogen) atoms. The Kier molecular flexibility index (Phi) is 6.45. The molecule has 1 aromatic carbocycles. The number of benzene rings is 1. The molecule has 2 saturated heterocycles. The van der Waals surface area contributed by atoms with E-state index in [2.05, 4.69) is 17.4 Å². The second-order valence-electron chi connectivity index (χ2n) is 5.85. The van der Waals surface area contributed by atoms with E-state index in [0.29, 0.717) is 18.2 Å². The van der Waals surface area contributed by atoms with E-state index < -0.39 is 6.04 Å². The Morgan fingerprint density at radius 2 is 2.04 bits per heavy atom.